The number of amides is 1. The maximum Gasteiger partial charge on any atom is 0.339 e. The summed E-state index contributed by atoms with van der Waals surface area (Å²) in [5.74, 6) is 0.300. The number of carbonyl (C=O) groups excluding carboxylic acids is 2. The smallest absolute Gasteiger partial charge is 0.339 e. The molecule has 0 aliphatic carbocycles. The highest BCUT2D eigenvalue weighted by molar-refractivity contribution is 7.19. The summed E-state index contributed by atoms with van der Waals surface area (Å²) in [6, 6.07) is 18.0. The van der Waals surface area contributed by atoms with E-state index in [2.05, 4.69) is 10.3 Å². The number of halogens is 1. The van der Waals surface area contributed by atoms with Gasteiger partial charge in [0.15, 0.2) is 18.1 Å². The van der Waals surface area contributed by atoms with Gasteiger partial charge in [-0.3, -0.25) is 4.79 Å². The molecule has 33 heavy (non-hydrogen) atoms. The molecule has 0 saturated heterocycles. The maximum atomic E-state index is 12.9. The number of rotatable bonds is 6. The molecule has 1 aliphatic heterocycles. The van der Waals surface area contributed by atoms with Crippen LogP contribution in [0.15, 0.2) is 60.7 Å². The van der Waals surface area contributed by atoms with Crippen LogP contribution in [0.5, 0.6) is 11.5 Å². The van der Waals surface area contributed by atoms with Crippen molar-refractivity contribution in [3.8, 4) is 22.1 Å². The van der Waals surface area contributed by atoms with Crippen LogP contribution in [0.3, 0.4) is 0 Å². The fourth-order valence-corrected chi connectivity index (χ4v) is 4.44. The first-order valence-electron chi connectivity index (χ1n) is 10.0. The van der Waals surface area contributed by atoms with Gasteiger partial charge in [-0.25, -0.2) is 9.78 Å². The number of nitrogens with one attached hydrogen (secondary N) is 1. The molecule has 0 saturated carbocycles. The summed E-state index contributed by atoms with van der Waals surface area (Å²) in [6.07, 6.45) is 0. The van der Waals surface area contributed by atoms with E-state index in [1.54, 1.807) is 30.3 Å². The summed E-state index contributed by atoms with van der Waals surface area (Å²) in [5.41, 5.74) is 2.45. The van der Waals surface area contributed by atoms with Gasteiger partial charge in [0.2, 0.25) is 6.79 Å². The van der Waals surface area contributed by atoms with E-state index in [0.717, 1.165) is 10.4 Å². The van der Waals surface area contributed by atoms with Crippen molar-refractivity contribution in [2.45, 2.75) is 6.54 Å². The number of aromatic nitrogens is 1. The number of esters is 1. The molecule has 2 aromatic carbocycles. The third-order valence-electron chi connectivity index (χ3n) is 5.02. The van der Waals surface area contributed by atoms with Crippen molar-refractivity contribution in [1.29, 1.82) is 0 Å². The molecule has 0 unspecified atom stereocenters. The molecule has 1 aliphatic rings. The minimum Gasteiger partial charge on any atom is -0.454 e. The summed E-state index contributed by atoms with van der Waals surface area (Å²) in [5, 5.41) is 3.38. The van der Waals surface area contributed by atoms with Crippen molar-refractivity contribution >= 4 is 45.7 Å². The lowest BCUT2D eigenvalue weighted by Gasteiger charge is -2.10. The second-order valence-corrected chi connectivity index (χ2v) is 8.93. The third-order valence-corrected chi connectivity index (χ3v) is 6.28. The van der Waals surface area contributed by atoms with Crippen LogP contribution in [0, 0.1) is 0 Å². The van der Waals surface area contributed by atoms with Gasteiger partial charge in [0.25, 0.3) is 5.91 Å². The van der Waals surface area contributed by atoms with Gasteiger partial charge < -0.3 is 19.5 Å². The first-order chi connectivity index (χ1) is 16.1. The van der Waals surface area contributed by atoms with Gasteiger partial charge in [0.1, 0.15) is 0 Å². The van der Waals surface area contributed by atoms with E-state index in [1.165, 1.54) is 11.3 Å². The maximum absolute atomic E-state index is 12.9. The van der Waals surface area contributed by atoms with Crippen molar-refractivity contribution in [1.82, 2.24) is 10.3 Å². The number of hydrogen-bond acceptors (Lipinski definition) is 7. The molecule has 1 N–H and O–H groups in total. The number of para-hydroxylation sites is 1. The van der Waals surface area contributed by atoms with E-state index >= 15 is 0 Å². The lowest BCUT2D eigenvalue weighted by molar-refractivity contribution is -0.124. The van der Waals surface area contributed by atoms with Crippen LogP contribution in [-0.4, -0.2) is 30.3 Å². The first kappa shape index (κ1) is 21.2. The van der Waals surface area contributed by atoms with Gasteiger partial charge >= 0.3 is 5.97 Å². The Bertz CT molecular complexity index is 1370. The van der Waals surface area contributed by atoms with Gasteiger partial charge in [0.05, 0.1) is 26.0 Å². The Labute approximate surface area is 197 Å². The normalized spacial score (nSPS) is 12.0. The molecule has 9 heteroatoms. The molecule has 1 amide bonds. The topological polar surface area (TPSA) is 86.8 Å². The highest BCUT2D eigenvalue weighted by atomic mass is 35.5. The molecule has 7 nitrogen and oxygen atoms in total. The van der Waals surface area contributed by atoms with Crippen LogP contribution < -0.4 is 14.8 Å². The highest BCUT2D eigenvalue weighted by Gasteiger charge is 2.18. The van der Waals surface area contributed by atoms with Crippen LogP contribution in [0.4, 0.5) is 0 Å². The predicted octanol–water partition coefficient (Wildman–Crippen LogP) is 4.82. The number of hydrogen-bond donors (Lipinski definition) is 1. The van der Waals surface area contributed by atoms with Crippen LogP contribution in [0.25, 0.3) is 21.5 Å². The fourth-order valence-electron chi connectivity index (χ4n) is 3.43. The average Bonchev–Trinajstić information content (AvgIpc) is 3.49. The van der Waals surface area contributed by atoms with Gasteiger partial charge in [-0.2, -0.15) is 0 Å². The molecule has 0 radical (unpaired) electrons. The summed E-state index contributed by atoms with van der Waals surface area (Å²) >= 11 is 7.43. The molecule has 166 valence electrons. The first-order valence-corrected chi connectivity index (χ1v) is 11.2. The van der Waals surface area contributed by atoms with E-state index < -0.39 is 18.5 Å². The number of nitrogens with zero attached hydrogens (tertiary/aromatic N) is 1. The van der Waals surface area contributed by atoms with E-state index in [4.69, 9.17) is 25.8 Å². The summed E-state index contributed by atoms with van der Waals surface area (Å²) < 4.78 is 16.6. The molecule has 0 spiro atoms. The van der Waals surface area contributed by atoms with Gasteiger partial charge in [-0.1, -0.05) is 35.9 Å². The largest absolute Gasteiger partial charge is 0.454 e. The van der Waals surface area contributed by atoms with Crippen molar-refractivity contribution < 1.29 is 23.8 Å². The SMILES string of the molecule is O=C(COC(=O)c1cc(-c2ccc(Cl)s2)nc2ccccc12)NCc1ccc2c(c1)OCO2. The average molecular weight is 481 g/mol. The van der Waals surface area contributed by atoms with Crippen LogP contribution in [0.1, 0.15) is 15.9 Å². The second-order valence-electron chi connectivity index (χ2n) is 7.22. The fraction of sp³-hybridized carbons (Fsp3) is 0.125. The Balaban J connectivity index is 1.27. The van der Waals surface area contributed by atoms with Crippen LogP contribution in [0.2, 0.25) is 4.34 Å². The number of benzene rings is 2. The predicted molar refractivity (Wildman–Crippen MR) is 125 cm³/mol. The standard InChI is InChI=1S/C24H17ClN2O5S/c25-22-8-7-21(33-22)18-10-16(15-3-1-2-4-17(15)27-18)24(29)30-12-23(28)26-11-14-5-6-19-20(9-14)32-13-31-19/h1-10H,11-13H2,(H,26,28). The van der Waals surface area contributed by atoms with E-state index in [1.807, 2.05) is 30.3 Å². The van der Waals surface area contributed by atoms with Gasteiger partial charge in [-0.15, -0.1) is 11.3 Å². The minimum atomic E-state index is -0.601. The second kappa shape index (κ2) is 9.09. The monoisotopic (exact) mass is 480 g/mol. The zero-order valence-corrected chi connectivity index (χ0v) is 18.7. The third kappa shape index (κ3) is 4.62. The summed E-state index contributed by atoms with van der Waals surface area (Å²) in [6.45, 7) is 0.0563. The van der Waals surface area contributed by atoms with Gasteiger partial charge in [0, 0.05) is 11.9 Å². The number of thiophene rings is 1. The molecular weight excluding hydrogens is 464 g/mol. The van der Waals surface area contributed by atoms with Crippen LogP contribution >= 0.6 is 22.9 Å². The van der Waals surface area contributed by atoms with Gasteiger partial charge in [-0.05, 0) is 42.0 Å². The Morgan fingerprint density at radius 1 is 1.06 bits per heavy atom. The Hall–Kier alpha value is -3.62. The highest BCUT2D eigenvalue weighted by Crippen LogP contribution is 2.33. The van der Waals surface area contributed by atoms with Crippen molar-refractivity contribution in [3.05, 3.63) is 76.1 Å². The molecule has 0 atom stereocenters. The minimum absolute atomic E-state index is 0.187. The quantitative estimate of drug-likeness (QED) is 0.398. The number of pyridine rings is 1. The molecular formula is C24H17ClN2O5S. The molecule has 4 aromatic rings. The molecule has 5 rings (SSSR count). The molecule has 0 bridgehead atoms. The molecule has 2 aromatic heterocycles. The van der Waals surface area contributed by atoms with E-state index in [0.29, 0.717) is 38.0 Å². The zero-order chi connectivity index (χ0) is 22.8. The number of fused-ring (bicyclic) bond motifs is 2. The van der Waals surface area contributed by atoms with Crippen molar-refractivity contribution in [3.63, 3.8) is 0 Å². The molecule has 3 heterocycles. The number of carbonyl (C=O) groups is 2. The van der Waals surface area contributed by atoms with E-state index in [9.17, 15) is 9.59 Å². The lowest BCUT2D eigenvalue weighted by atomic mass is 10.1. The Kier molecular flexibility index (Phi) is 5.85. The summed E-state index contributed by atoms with van der Waals surface area (Å²) in [7, 11) is 0. The van der Waals surface area contributed by atoms with Crippen molar-refractivity contribution in [2.75, 3.05) is 13.4 Å². The molecule has 0 fully saturated rings. The number of ether oxygens (including phenoxy) is 3. The Morgan fingerprint density at radius 3 is 2.76 bits per heavy atom. The zero-order valence-electron chi connectivity index (χ0n) is 17.2. The summed E-state index contributed by atoms with van der Waals surface area (Å²) in [4.78, 5) is 30.6. The van der Waals surface area contributed by atoms with Crippen molar-refractivity contribution in [2.24, 2.45) is 0 Å². The lowest BCUT2D eigenvalue weighted by Crippen LogP contribution is -2.28. The van der Waals surface area contributed by atoms with E-state index in [-0.39, 0.29) is 13.3 Å². The Morgan fingerprint density at radius 2 is 1.91 bits per heavy atom. The van der Waals surface area contributed by atoms with Crippen LogP contribution in [-0.2, 0) is 16.1 Å².